The molecule has 4 nitrogen and oxygen atoms in total. The van der Waals surface area contributed by atoms with Crippen molar-refractivity contribution in [3.05, 3.63) is 59.7 Å². The number of fused-ring (bicyclic) bond motifs is 1. The van der Waals surface area contributed by atoms with Crippen molar-refractivity contribution in [2.45, 2.75) is 20.0 Å². The Labute approximate surface area is 142 Å². The first kappa shape index (κ1) is 16.8. The average molecular weight is 343 g/mol. The van der Waals surface area contributed by atoms with Crippen LogP contribution in [0, 0.1) is 6.92 Å². The lowest BCUT2D eigenvalue weighted by Crippen LogP contribution is -2.19. The molecule has 0 fully saturated rings. The number of halogens is 2. The number of hydrogen-bond acceptors (Lipinski definition) is 3. The van der Waals surface area contributed by atoms with Gasteiger partial charge in [0.25, 0.3) is 0 Å². The minimum absolute atomic E-state index is 0.0227. The lowest BCUT2D eigenvalue weighted by molar-refractivity contribution is -0.158. The van der Waals surface area contributed by atoms with Gasteiger partial charge < -0.3 is 9.84 Å². The molecule has 1 heterocycles. The van der Waals surface area contributed by atoms with Crippen LogP contribution in [0.1, 0.15) is 22.8 Å². The van der Waals surface area contributed by atoms with Gasteiger partial charge in [-0.2, -0.15) is 8.78 Å². The van der Waals surface area contributed by atoms with Crippen LogP contribution in [0.2, 0.25) is 0 Å². The van der Waals surface area contributed by atoms with E-state index in [0.717, 1.165) is 11.1 Å². The number of aryl methyl sites for hydroxylation is 1. The van der Waals surface area contributed by atoms with E-state index in [2.05, 4.69) is 9.72 Å². The predicted octanol–water partition coefficient (Wildman–Crippen LogP) is 4.90. The van der Waals surface area contributed by atoms with Crippen molar-refractivity contribution in [3.8, 4) is 17.0 Å². The number of pyridine rings is 1. The first-order chi connectivity index (χ1) is 11.7. The summed E-state index contributed by atoms with van der Waals surface area (Å²) in [6, 6.07) is 13.0. The molecule has 6 heteroatoms. The zero-order chi connectivity index (χ0) is 18.2. The molecule has 0 radical (unpaired) electrons. The number of benzene rings is 2. The Hall–Kier alpha value is -3.02. The number of nitrogens with zero attached hydrogens (tertiary/aromatic N) is 1. The summed E-state index contributed by atoms with van der Waals surface area (Å²) >= 11 is 0. The van der Waals surface area contributed by atoms with Crippen LogP contribution in [0.5, 0.6) is 5.75 Å². The van der Waals surface area contributed by atoms with Crippen molar-refractivity contribution in [2.75, 3.05) is 0 Å². The molecule has 0 aliphatic rings. The lowest BCUT2D eigenvalue weighted by atomic mass is 10.0. The van der Waals surface area contributed by atoms with Crippen molar-refractivity contribution >= 4 is 16.9 Å². The smallest absolute Gasteiger partial charge is 0.394 e. The van der Waals surface area contributed by atoms with E-state index in [-0.39, 0.29) is 16.7 Å². The van der Waals surface area contributed by atoms with Crippen LogP contribution in [0.3, 0.4) is 0 Å². The van der Waals surface area contributed by atoms with E-state index in [9.17, 15) is 18.7 Å². The zero-order valence-corrected chi connectivity index (χ0v) is 13.6. The maximum absolute atomic E-state index is 13.0. The molecule has 3 aromatic rings. The first-order valence-corrected chi connectivity index (χ1v) is 7.55. The fraction of sp³-hybridized carbons (Fsp3) is 0.158. The number of carbonyl (C=O) groups is 1. The van der Waals surface area contributed by atoms with Gasteiger partial charge in [-0.05, 0) is 31.2 Å². The van der Waals surface area contributed by atoms with E-state index in [1.807, 2.05) is 31.2 Å². The van der Waals surface area contributed by atoms with Gasteiger partial charge in [0.05, 0.1) is 16.8 Å². The maximum atomic E-state index is 13.0. The molecule has 1 N–H and O–H groups in total. The fourth-order valence-corrected chi connectivity index (χ4v) is 2.52. The molecule has 128 valence electrons. The molecule has 0 aliphatic carbocycles. The summed E-state index contributed by atoms with van der Waals surface area (Å²) in [5.74, 6) is -1.28. The Morgan fingerprint density at radius 2 is 1.80 bits per heavy atom. The molecule has 0 saturated carbocycles. The van der Waals surface area contributed by atoms with E-state index >= 15 is 0 Å². The monoisotopic (exact) mass is 343 g/mol. The second-order valence-electron chi connectivity index (χ2n) is 5.82. The predicted molar refractivity (Wildman–Crippen MR) is 90.1 cm³/mol. The third-order valence-corrected chi connectivity index (χ3v) is 3.65. The standard InChI is InChI=1S/C19H15F2NO3/c1-11-3-5-12(6-4-11)17-10-15(18(23)24)14-9-13(25-19(2,20)21)7-8-16(14)22-17/h3-10H,1-2H3,(H,23,24). The van der Waals surface area contributed by atoms with Crippen molar-refractivity contribution in [1.29, 1.82) is 0 Å². The van der Waals surface area contributed by atoms with Crippen molar-refractivity contribution < 1.29 is 23.4 Å². The quantitative estimate of drug-likeness (QED) is 0.732. The normalized spacial score (nSPS) is 11.5. The molecule has 25 heavy (non-hydrogen) atoms. The van der Waals surface area contributed by atoms with Crippen LogP contribution in [0.4, 0.5) is 8.78 Å². The summed E-state index contributed by atoms with van der Waals surface area (Å²) in [4.78, 5) is 16.1. The Bertz CT molecular complexity index is 947. The summed E-state index contributed by atoms with van der Waals surface area (Å²) in [5, 5.41) is 9.75. The van der Waals surface area contributed by atoms with Crippen LogP contribution in [-0.2, 0) is 0 Å². The van der Waals surface area contributed by atoms with Crippen molar-refractivity contribution in [2.24, 2.45) is 0 Å². The van der Waals surface area contributed by atoms with Crippen LogP contribution < -0.4 is 4.74 Å². The number of ether oxygens (including phenoxy) is 1. The summed E-state index contributed by atoms with van der Waals surface area (Å²) in [7, 11) is 0. The Morgan fingerprint density at radius 3 is 2.40 bits per heavy atom. The largest absolute Gasteiger partial charge is 0.478 e. The van der Waals surface area contributed by atoms with Gasteiger partial charge in [-0.3, -0.25) is 0 Å². The van der Waals surface area contributed by atoms with Gasteiger partial charge >= 0.3 is 12.1 Å². The molecule has 0 unspecified atom stereocenters. The first-order valence-electron chi connectivity index (χ1n) is 7.55. The van der Waals surface area contributed by atoms with Gasteiger partial charge in [-0.25, -0.2) is 9.78 Å². The van der Waals surface area contributed by atoms with Gasteiger partial charge in [0.2, 0.25) is 0 Å². The van der Waals surface area contributed by atoms with Crippen LogP contribution in [0.25, 0.3) is 22.2 Å². The Morgan fingerprint density at radius 1 is 1.12 bits per heavy atom. The molecule has 0 spiro atoms. The molecule has 0 saturated heterocycles. The number of carboxylic acids is 1. The number of aromatic nitrogens is 1. The highest BCUT2D eigenvalue weighted by molar-refractivity contribution is 6.04. The van der Waals surface area contributed by atoms with Gasteiger partial charge in [-0.1, -0.05) is 29.8 Å². The second kappa shape index (κ2) is 6.12. The average Bonchev–Trinajstić information content (AvgIpc) is 2.53. The molecule has 0 amide bonds. The number of aromatic carboxylic acids is 1. The molecule has 2 aromatic carbocycles. The highest BCUT2D eigenvalue weighted by Crippen LogP contribution is 2.30. The highest BCUT2D eigenvalue weighted by Gasteiger charge is 2.24. The van der Waals surface area contributed by atoms with Crippen LogP contribution >= 0.6 is 0 Å². The number of rotatable bonds is 4. The maximum Gasteiger partial charge on any atom is 0.394 e. The molecule has 1 aromatic heterocycles. The topological polar surface area (TPSA) is 59.4 Å². The summed E-state index contributed by atoms with van der Waals surface area (Å²) < 4.78 is 30.6. The van der Waals surface area contributed by atoms with E-state index in [1.54, 1.807) is 0 Å². The number of alkyl halides is 2. The molecule has 0 bridgehead atoms. The molecule has 3 rings (SSSR count). The molecular weight excluding hydrogens is 328 g/mol. The van der Waals surface area contributed by atoms with E-state index in [1.165, 1.54) is 24.3 Å². The van der Waals surface area contributed by atoms with Crippen LogP contribution in [0.15, 0.2) is 48.5 Å². The van der Waals surface area contributed by atoms with Crippen molar-refractivity contribution in [1.82, 2.24) is 4.98 Å². The summed E-state index contributed by atoms with van der Waals surface area (Å²) in [6.45, 7) is 2.57. The Kier molecular flexibility index (Phi) is 4.12. The summed E-state index contributed by atoms with van der Waals surface area (Å²) in [6.07, 6.45) is -3.35. The highest BCUT2D eigenvalue weighted by atomic mass is 19.3. The van der Waals surface area contributed by atoms with Gasteiger partial charge in [0, 0.05) is 17.9 Å². The minimum atomic E-state index is -3.35. The van der Waals surface area contributed by atoms with Gasteiger partial charge in [-0.15, -0.1) is 0 Å². The number of hydrogen-bond donors (Lipinski definition) is 1. The van der Waals surface area contributed by atoms with E-state index in [4.69, 9.17) is 0 Å². The third kappa shape index (κ3) is 3.74. The zero-order valence-electron chi connectivity index (χ0n) is 13.6. The fourth-order valence-electron chi connectivity index (χ4n) is 2.52. The summed E-state index contributed by atoms with van der Waals surface area (Å²) in [5.41, 5.74) is 2.72. The molecular formula is C19H15F2NO3. The Balaban J connectivity index is 2.16. The second-order valence-corrected chi connectivity index (χ2v) is 5.82. The molecule has 0 aliphatic heterocycles. The SMILES string of the molecule is Cc1ccc(-c2cc(C(=O)O)c3cc(OC(C)(F)F)ccc3n2)cc1. The third-order valence-electron chi connectivity index (χ3n) is 3.65. The van der Waals surface area contributed by atoms with Gasteiger partial charge in [0.15, 0.2) is 0 Å². The van der Waals surface area contributed by atoms with Crippen molar-refractivity contribution in [3.63, 3.8) is 0 Å². The van der Waals surface area contributed by atoms with Gasteiger partial charge in [0.1, 0.15) is 5.75 Å². The lowest BCUT2D eigenvalue weighted by Gasteiger charge is -2.14. The van der Waals surface area contributed by atoms with Crippen LogP contribution in [-0.4, -0.2) is 22.2 Å². The van der Waals surface area contributed by atoms with E-state index in [0.29, 0.717) is 18.1 Å². The number of carboxylic acid groups (broad SMARTS) is 1. The molecule has 0 atom stereocenters. The van der Waals surface area contributed by atoms with E-state index < -0.39 is 12.1 Å². The minimum Gasteiger partial charge on any atom is -0.478 e.